The third kappa shape index (κ3) is 7.23. The zero-order valence-corrected chi connectivity index (χ0v) is 25.4. The summed E-state index contributed by atoms with van der Waals surface area (Å²) in [7, 11) is 0. The van der Waals surface area contributed by atoms with Crippen LogP contribution in [-0.4, -0.2) is 50.5 Å². The Morgan fingerprint density at radius 2 is 2.07 bits per heavy atom. The fourth-order valence-electron chi connectivity index (χ4n) is 5.31. The summed E-state index contributed by atoms with van der Waals surface area (Å²) in [6.45, 7) is 4.50. The van der Waals surface area contributed by atoms with Crippen LogP contribution in [0.5, 0.6) is 0 Å². The highest BCUT2D eigenvalue weighted by molar-refractivity contribution is 7.99. The summed E-state index contributed by atoms with van der Waals surface area (Å²) < 4.78 is 16.6. The minimum Gasteiger partial charge on any atom is -0.374 e. The average Bonchev–Trinajstić information content (AvgIpc) is 3.37. The number of thioether (sulfide) groups is 1. The lowest BCUT2D eigenvalue weighted by Crippen LogP contribution is -2.42. The van der Waals surface area contributed by atoms with E-state index in [9.17, 15) is 4.79 Å². The lowest BCUT2D eigenvalue weighted by atomic mass is 10.0. The topological polar surface area (TPSA) is 125 Å². The third-order valence-electron chi connectivity index (χ3n) is 7.51. The Bertz CT molecular complexity index is 1620. The van der Waals surface area contributed by atoms with Gasteiger partial charge in [0.15, 0.2) is 5.82 Å². The van der Waals surface area contributed by atoms with Crippen molar-refractivity contribution in [2.24, 2.45) is 5.73 Å². The van der Waals surface area contributed by atoms with Crippen LogP contribution in [0.3, 0.4) is 0 Å². The van der Waals surface area contributed by atoms with Gasteiger partial charge in [0.05, 0.1) is 22.2 Å². The summed E-state index contributed by atoms with van der Waals surface area (Å²) in [5.41, 5.74) is 9.49. The van der Waals surface area contributed by atoms with E-state index in [4.69, 9.17) is 22.7 Å². The molecule has 0 unspecified atom stereocenters. The summed E-state index contributed by atoms with van der Waals surface area (Å²) in [6, 6.07) is 13.9. The van der Waals surface area contributed by atoms with E-state index in [1.54, 1.807) is 31.3 Å². The van der Waals surface area contributed by atoms with E-state index in [0.717, 1.165) is 54.9 Å². The van der Waals surface area contributed by atoms with Crippen molar-refractivity contribution >= 4 is 40.2 Å². The molecule has 0 saturated carbocycles. The van der Waals surface area contributed by atoms with Gasteiger partial charge in [0.2, 0.25) is 0 Å². The number of nitrogens with one attached hydrogen (secondary N) is 4. The molecule has 1 aliphatic rings. The first-order valence-electron chi connectivity index (χ1n) is 14.3. The third-order valence-corrected chi connectivity index (χ3v) is 8.99. The van der Waals surface area contributed by atoms with E-state index >= 15 is 4.39 Å². The molecule has 11 heteroatoms. The predicted octanol–water partition coefficient (Wildman–Crippen LogP) is 5.57. The molecule has 1 fully saturated rings. The van der Waals surface area contributed by atoms with Gasteiger partial charge >= 0.3 is 5.69 Å². The Balaban J connectivity index is 1.35. The first-order valence-corrected chi connectivity index (χ1v) is 15.8. The highest BCUT2D eigenvalue weighted by Gasteiger charge is 2.22. The first-order chi connectivity index (χ1) is 20.2. The SMILES string of the molecule is CC(=N)NCC[C@@H]1CSC[C@@H](c2ccc(-n3cc4cc(-c5cc(CCC[C@H](C)N)cc(Cl)c5F)[nH]c4nc3=O)cc2)N1. The van der Waals surface area contributed by atoms with Gasteiger partial charge < -0.3 is 21.4 Å². The normalized spacial score (nSPS) is 17.8. The Kier molecular flexibility index (Phi) is 9.67. The van der Waals surface area contributed by atoms with E-state index in [1.807, 2.05) is 43.0 Å². The molecule has 2 aromatic heterocycles. The number of aromatic amines is 1. The van der Waals surface area contributed by atoms with Gasteiger partial charge in [0.25, 0.3) is 0 Å². The van der Waals surface area contributed by atoms with Crippen LogP contribution in [-0.2, 0) is 6.42 Å². The number of amidine groups is 1. The smallest absolute Gasteiger partial charge is 0.354 e. The Hall–Kier alpha value is -3.18. The molecule has 6 N–H and O–H groups in total. The zero-order chi connectivity index (χ0) is 29.8. The van der Waals surface area contributed by atoms with Crippen molar-refractivity contribution in [3.8, 4) is 16.9 Å². The molecule has 5 rings (SSSR count). The Morgan fingerprint density at radius 1 is 1.29 bits per heavy atom. The molecular weight excluding hydrogens is 573 g/mol. The summed E-state index contributed by atoms with van der Waals surface area (Å²) in [5, 5.41) is 15.1. The van der Waals surface area contributed by atoms with Crippen LogP contribution in [0.15, 0.2) is 53.5 Å². The maximum Gasteiger partial charge on any atom is 0.354 e. The highest BCUT2D eigenvalue weighted by atomic mass is 35.5. The van der Waals surface area contributed by atoms with Gasteiger partial charge in [-0.2, -0.15) is 16.7 Å². The molecule has 3 atom stereocenters. The number of rotatable bonds is 10. The second kappa shape index (κ2) is 13.4. The summed E-state index contributed by atoms with van der Waals surface area (Å²) in [6.07, 6.45) is 5.17. The highest BCUT2D eigenvalue weighted by Crippen LogP contribution is 2.32. The van der Waals surface area contributed by atoms with Crippen LogP contribution in [0.4, 0.5) is 4.39 Å². The second-order valence-electron chi connectivity index (χ2n) is 11.1. The molecule has 1 saturated heterocycles. The van der Waals surface area contributed by atoms with Crippen molar-refractivity contribution in [3.63, 3.8) is 0 Å². The fraction of sp³-hybridized carbons (Fsp3) is 0.387. The Labute approximate surface area is 254 Å². The second-order valence-corrected chi connectivity index (χ2v) is 12.6. The first kappa shape index (κ1) is 30.3. The largest absolute Gasteiger partial charge is 0.374 e. The number of fused-ring (bicyclic) bond motifs is 1. The summed E-state index contributed by atoms with van der Waals surface area (Å²) in [4.78, 5) is 20.4. The Morgan fingerprint density at radius 3 is 2.81 bits per heavy atom. The van der Waals surface area contributed by atoms with Crippen LogP contribution in [0.1, 0.15) is 50.3 Å². The molecule has 0 amide bonds. The molecular formula is C31H37ClFN7OS. The van der Waals surface area contributed by atoms with Gasteiger partial charge in [0.1, 0.15) is 5.65 Å². The van der Waals surface area contributed by atoms with Crippen molar-refractivity contribution in [2.45, 2.75) is 57.7 Å². The van der Waals surface area contributed by atoms with Crippen molar-refractivity contribution in [3.05, 3.63) is 81.1 Å². The fourth-order valence-corrected chi connectivity index (χ4v) is 6.76. The standard InChI is InChI=1S/C31H37ClFN7OS/c1-18(34)4-3-5-20-12-25(29(33)26(32)13-20)27-14-22-15-40(31(41)39-30(22)38-27)24-8-6-21(7-9-24)28-17-42-16-23(37-28)10-11-36-19(2)35/h6-9,12-15,18,23,28,37H,3-5,10-11,16-17,34H2,1-2H3,(H2,35,36)(H,38,39,41)/t18-,23+,28-/m0/s1. The van der Waals surface area contributed by atoms with Crippen LogP contribution >= 0.6 is 23.4 Å². The monoisotopic (exact) mass is 609 g/mol. The molecule has 42 heavy (non-hydrogen) atoms. The molecule has 0 radical (unpaired) electrons. The average molecular weight is 610 g/mol. The number of aromatic nitrogens is 3. The number of nitrogens with two attached hydrogens (primary N) is 1. The molecule has 2 aromatic carbocycles. The predicted molar refractivity (Wildman–Crippen MR) is 172 cm³/mol. The molecule has 1 aliphatic heterocycles. The van der Waals surface area contributed by atoms with E-state index in [0.29, 0.717) is 39.9 Å². The number of nitrogens with zero attached hydrogens (tertiary/aromatic N) is 2. The zero-order valence-electron chi connectivity index (χ0n) is 23.8. The number of H-pyrrole nitrogens is 1. The van der Waals surface area contributed by atoms with E-state index in [1.165, 1.54) is 4.57 Å². The van der Waals surface area contributed by atoms with Gasteiger partial charge in [-0.15, -0.1) is 0 Å². The van der Waals surface area contributed by atoms with Crippen LogP contribution < -0.4 is 22.1 Å². The lowest BCUT2D eigenvalue weighted by Gasteiger charge is -2.31. The number of aryl methyl sites for hydroxylation is 1. The van der Waals surface area contributed by atoms with Crippen LogP contribution in [0.2, 0.25) is 5.02 Å². The van der Waals surface area contributed by atoms with Gasteiger partial charge in [-0.1, -0.05) is 23.7 Å². The molecule has 0 bridgehead atoms. The van der Waals surface area contributed by atoms with Crippen molar-refractivity contribution in [1.29, 1.82) is 5.41 Å². The van der Waals surface area contributed by atoms with Gasteiger partial charge in [-0.05, 0) is 81.0 Å². The maximum atomic E-state index is 15.1. The van der Waals surface area contributed by atoms with Gasteiger partial charge in [-0.3, -0.25) is 9.98 Å². The molecule has 8 nitrogen and oxygen atoms in total. The lowest BCUT2D eigenvalue weighted by molar-refractivity contribution is 0.452. The summed E-state index contributed by atoms with van der Waals surface area (Å²) >= 11 is 8.17. The van der Waals surface area contributed by atoms with Crippen LogP contribution in [0, 0.1) is 11.2 Å². The minimum atomic E-state index is -0.511. The minimum absolute atomic E-state index is 0.0601. The van der Waals surface area contributed by atoms with E-state index < -0.39 is 11.5 Å². The number of benzene rings is 2. The molecule has 222 valence electrons. The summed E-state index contributed by atoms with van der Waals surface area (Å²) in [5.74, 6) is 1.99. The molecule has 3 heterocycles. The van der Waals surface area contributed by atoms with Gasteiger partial charge in [0, 0.05) is 53.3 Å². The van der Waals surface area contributed by atoms with E-state index in [-0.39, 0.29) is 17.1 Å². The number of halogens is 2. The van der Waals surface area contributed by atoms with Gasteiger partial charge in [-0.25, -0.2) is 9.18 Å². The maximum absolute atomic E-state index is 15.1. The van der Waals surface area contributed by atoms with Crippen molar-refractivity contribution < 1.29 is 4.39 Å². The number of hydrogen-bond acceptors (Lipinski definition) is 6. The van der Waals surface area contributed by atoms with Crippen molar-refractivity contribution in [2.75, 3.05) is 18.1 Å². The van der Waals surface area contributed by atoms with Crippen molar-refractivity contribution in [1.82, 2.24) is 25.2 Å². The quantitative estimate of drug-likeness (QED) is 0.118. The van der Waals surface area contributed by atoms with E-state index in [2.05, 4.69) is 20.6 Å². The molecule has 4 aromatic rings. The number of hydrogen-bond donors (Lipinski definition) is 5. The molecule has 0 spiro atoms. The molecule has 0 aliphatic carbocycles. The van der Waals surface area contributed by atoms with Crippen LogP contribution in [0.25, 0.3) is 28.0 Å².